The van der Waals surface area contributed by atoms with E-state index in [2.05, 4.69) is 41.8 Å². The molecule has 8 nitrogen and oxygen atoms in total. The van der Waals surface area contributed by atoms with Gasteiger partial charge < -0.3 is 15.0 Å². The molecular weight excluding hydrogens is 426 g/mol. The van der Waals surface area contributed by atoms with Crippen LogP contribution >= 0.6 is 0 Å². The van der Waals surface area contributed by atoms with Crippen LogP contribution in [-0.2, 0) is 0 Å². The number of benzene rings is 3. The van der Waals surface area contributed by atoms with Crippen molar-refractivity contribution in [3.05, 3.63) is 72.3 Å². The van der Waals surface area contributed by atoms with E-state index in [0.29, 0.717) is 17.8 Å². The predicted molar refractivity (Wildman–Crippen MR) is 137 cm³/mol. The highest BCUT2D eigenvalue weighted by Crippen LogP contribution is 2.27. The van der Waals surface area contributed by atoms with Crippen LogP contribution in [-0.4, -0.2) is 41.4 Å². The summed E-state index contributed by atoms with van der Waals surface area (Å²) in [4.78, 5) is 16.0. The Kier molecular flexibility index (Phi) is 6.47. The molecule has 1 aromatic heterocycles. The van der Waals surface area contributed by atoms with Gasteiger partial charge in [0.1, 0.15) is 5.75 Å². The van der Waals surface area contributed by atoms with Gasteiger partial charge in [0.2, 0.25) is 17.8 Å². The van der Waals surface area contributed by atoms with Crippen molar-refractivity contribution < 1.29 is 4.74 Å². The van der Waals surface area contributed by atoms with E-state index in [-0.39, 0.29) is 0 Å². The molecule has 0 aliphatic carbocycles. The Morgan fingerprint density at radius 3 is 2.35 bits per heavy atom. The van der Waals surface area contributed by atoms with Gasteiger partial charge in [0.05, 0.1) is 13.3 Å². The van der Waals surface area contributed by atoms with Crippen molar-refractivity contribution in [3.63, 3.8) is 0 Å². The van der Waals surface area contributed by atoms with E-state index in [4.69, 9.17) is 4.74 Å². The third kappa shape index (κ3) is 4.91. The Bertz CT molecular complexity index is 1290. The number of nitrogens with one attached hydrogen (secondary N) is 2. The second-order valence-corrected chi connectivity index (χ2v) is 8.09. The lowest BCUT2D eigenvalue weighted by Gasteiger charge is -2.26. The van der Waals surface area contributed by atoms with Crippen LogP contribution in [0, 0.1) is 0 Å². The number of aromatic nitrogens is 3. The minimum atomic E-state index is 0.392. The quantitative estimate of drug-likeness (QED) is 0.293. The van der Waals surface area contributed by atoms with Crippen molar-refractivity contribution in [2.45, 2.75) is 19.3 Å². The molecule has 1 saturated heterocycles. The first-order chi connectivity index (χ1) is 16.8. The van der Waals surface area contributed by atoms with Crippen molar-refractivity contribution in [2.24, 2.45) is 5.10 Å². The second kappa shape index (κ2) is 10.2. The zero-order valence-corrected chi connectivity index (χ0v) is 19.1. The molecule has 1 aliphatic rings. The van der Waals surface area contributed by atoms with Gasteiger partial charge in [-0.1, -0.05) is 42.5 Å². The number of ether oxygens (including phenoxy) is 1. The van der Waals surface area contributed by atoms with E-state index >= 15 is 0 Å². The van der Waals surface area contributed by atoms with Crippen LogP contribution in [0.15, 0.2) is 71.8 Å². The third-order valence-electron chi connectivity index (χ3n) is 5.80. The first kappa shape index (κ1) is 21.6. The van der Waals surface area contributed by atoms with E-state index in [1.165, 1.54) is 6.42 Å². The average Bonchev–Trinajstić information content (AvgIpc) is 2.90. The summed E-state index contributed by atoms with van der Waals surface area (Å²) in [5.41, 5.74) is 4.89. The molecule has 0 atom stereocenters. The van der Waals surface area contributed by atoms with Crippen LogP contribution in [0.4, 0.5) is 23.5 Å². The van der Waals surface area contributed by atoms with Crippen molar-refractivity contribution in [3.8, 4) is 5.75 Å². The molecular formula is C26H27N7O. The Hall–Kier alpha value is -4.20. The van der Waals surface area contributed by atoms with Crippen LogP contribution < -0.4 is 20.4 Å². The van der Waals surface area contributed by atoms with Crippen molar-refractivity contribution >= 4 is 40.5 Å². The van der Waals surface area contributed by atoms with Gasteiger partial charge in [0, 0.05) is 29.7 Å². The highest BCUT2D eigenvalue weighted by atomic mass is 16.5. The third-order valence-corrected chi connectivity index (χ3v) is 5.80. The zero-order valence-electron chi connectivity index (χ0n) is 19.1. The van der Waals surface area contributed by atoms with Gasteiger partial charge in [-0.3, -0.25) is 0 Å². The van der Waals surface area contributed by atoms with Gasteiger partial charge in [0.25, 0.3) is 0 Å². The number of hydrogen-bond acceptors (Lipinski definition) is 8. The molecule has 34 heavy (non-hydrogen) atoms. The minimum absolute atomic E-state index is 0.392. The number of anilines is 4. The topological polar surface area (TPSA) is 87.6 Å². The van der Waals surface area contributed by atoms with Crippen LogP contribution in [0.3, 0.4) is 0 Å². The van der Waals surface area contributed by atoms with E-state index in [1.807, 2.05) is 60.7 Å². The van der Waals surface area contributed by atoms with Crippen LogP contribution in [0.5, 0.6) is 5.75 Å². The Morgan fingerprint density at radius 2 is 1.56 bits per heavy atom. The van der Waals surface area contributed by atoms with Crippen LogP contribution in [0.1, 0.15) is 24.8 Å². The minimum Gasteiger partial charge on any atom is -0.496 e. The SMILES string of the molecule is COc1ccc(/C=N\Nc2nc(Nc3ccccc3)nc(N3CCCCC3)n2)c2ccccc12. The number of hydrazone groups is 1. The molecule has 1 aliphatic heterocycles. The maximum absolute atomic E-state index is 5.49. The standard InChI is InChI=1S/C26H27N7O/c1-34-23-15-14-19(21-12-6-7-13-22(21)23)18-27-32-25-29-24(28-20-10-4-2-5-11-20)30-26(31-25)33-16-8-3-9-17-33/h2,4-7,10-15,18H,3,8-9,16-17H2,1H3,(H2,28,29,30,31,32)/b27-18-. The molecule has 5 rings (SSSR count). The molecule has 0 amide bonds. The van der Waals surface area contributed by atoms with Gasteiger partial charge >= 0.3 is 0 Å². The summed E-state index contributed by atoms with van der Waals surface area (Å²) in [5.74, 6) is 2.36. The van der Waals surface area contributed by atoms with E-state index in [0.717, 1.165) is 53.7 Å². The maximum Gasteiger partial charge on any atom is 0.250 e. The second-order valence-electron chi connectivity index (χ2n) is 8.09. The smallest absolute Gasteiger partial charge is 0.250 e. The van der Waals surface area contributed by atoms with E-state index < -0.39 is 0 Å². The normalized spacial score (nSPS) is 13.9. The number of hydrogen-bond donors (Lipinski definition) is 2. The number of methoxy groups -OCH3 is 1. The van der Waals surface area contributed by atoms with Crippen LogP contribution in [0.25, 0.3) is 10.8 Å². The number of para-hydroxylation sites is 1. The fourth-order valence-corrected chi connectivity index (χ4v) is 4.10. The number of rotatable bonds is 7. The van der Waals surface area contributed by atoms with Gasteiger partial charge in [-0.15, -0.1) is 0 Å². The first-order valence-corrected chi connectivity index (χ1v) is 11.5. The van der Waals surface area contributed by atoms with Crippen molar-refractivity contribution in [1.29, 1.82) is 0 Å². The Morgan fingerprint density at radius 1 is 0.824 bits per heavy atom. The van der Waals surface area contributed by atoms with Crippen molar-refractivity contribution in [1.82, 2.24) is 15.0 Å². The molecule has 3 aromatic carbocycles. The Labute approximate surface area is 198 Å². The van der Waals surface area contributed by atoms with E-state index in [9.17, 15) is 0 Å². The van der Waals surface area contributed by atoms with Crippen LogP contribution in [0.2, 0.25) is 0 Å². The molecule has 8 heteroatoms. The molecule has 0 radical (unpaired) electrons. The van der Waals surface area contributed by atoms with Gasteiger partial charge in [-0.2, -0.15) is 20.1 Å². The summed E-state index contributed by atoms with van der Waals surface area (Å²) in [6.45, 7) is 1.88. The lowest BCUT2D eigenvalue weighted by atomic mass is 10.0. The van der Waals surface area contributed by atoms with E-state index in [1.54, 1.807) is 13.3 Å². The van der Waals surface area contributed by atoms with Crippen molar-refractivity contribution in [2.75, 3.05) is 35.8 Å². The molecule has 4 aromatic rings. The first-order valence-electron chi connectivity index (χ1n) is 11.5. The van der Waals surface area contributed by atoms with Gasteiger partial charge in [-0.25, -0.2) is 5.43 Å². The molecule has 0 spiro atoms. The molecule has 0 unspecified atom stereocenters. The number of nitrogens with zero attached hydrogens (tertiary/aromatic N) is 5. The monoisotopic (exact) mass is 453 g/mol. The zero-order chi connectivity index (χ0) is 23.2. The fraction of sp³-hybridized carbons (Fsp3) is 0.231. The Balaban J connectivity index is 1.42. The highest BCUT2D eigenvalue weighted by molar-refractivity contribution is 6.02. The highest BCUT2D eigenvalue weighted by Gasteiger charge is 2.16. The summed E-state index contributed by atoms with van der Waals surface area (Å²) in [5, 5.41) is 9.81. The largest absolute Gasteiger partial charge is 0.496 e. The molecule has 0 saturated carbocycles. The van der Waals surface area contributed by atoms with Gasteiger partial charge in [0.15, 0.2) is 0 Å². The number of piperidine rings is 1. The molecule has 2 heterocycles. The molecule has 172 valence electrons. The summed E-state index contributed by atoms with van der Waals surface area (Å²) in [6.07, 6.45) is 5.29. The molecule has 1 fully saturated rings. The summed E-state index contributed by atoms with van der Waals surface area (Å²) < 4.78 is 5.49. The lowest BCUT2D eigenvalue weighted by molar-refractivity contribution is 0.420. The summed E-state index contributed by atoms with van der Waals surface area (Å²) >= 11 is 0. The summed E-state index contributed by atoms with van der Waals surface area (Å²) in [6, 6.07) is 21.9. The van der Waals surface area contributed by atoms with Gasteiger partial charge in [-0.05, 0) is 48.9 Å². The predicted octanol–water partition coefficient (Wildman–Crippen LogP) is 5.21. The lowest BCUT2D eigenvalue weighted by Crippen LogP contribution is -2.31. The molecule has 0 bridgehead atoms. The maximum atomic E-state index is 5.49. The fourth-order valence-electron chi connectivity index (χ4n) is 4.10. The summed E-state index contributed by atoms with van der Waals surface area (Å²) in [7, 11) is 1.68. The average molecular weight is 454 g/mol. The number of fused-ring (bicyclic) bond motifs is 1. The molecule has 2 N–H and O–H groups in total.